The van der Waals surface area contributed by atoms with Crippen LogP contribution in [0.1, 0.15) is 264 Å². The summed E-state index contributed by atoms with van der Waals surface area (Å²) in [5, 5.41) is 23.5. The molecule has 0 aromatic carbocycles. The molecular weight excluding hydrogens is 719 g/mol. The number of unbranched alkanes of at least 4 members (excludes halogenated alkanes) is 36. The van der Waals surface area contributed by atoms with Gasteiger partial charge in [-0.1, -0.05) is 257 Å². The number of hydrogen-bond acceptors (Lipinski definition) is 5. The Balaban J connectivity index is 3.87. The fourth-order valence-corrected chi connectivity index (χ4v) is 8.55. The summed E-state index contributed by atoms with van der Waals surface area (Å²) in [4.78, 5) is 12.7. The Kier molecular flexibility index (Phi) is 41.5. The quantitative estimate of drug-likeness (QED) is 0.0276. The molecule has 0 aliphatic rings. The van der Waals surface area contributed by atoms with E-state index in [4.69, 9.17) is 0 Å². The highest BCUT2D eigenvalue weighted by atomic mass is 32.2. The molecular formula is C48H95NO6S. The summed E-state index contributed by atoms with van der Waals surface area (Å²) in [6.07, 6.45) is 49.9. The van der Waals surface area contributed by atoms with Crippen molar-refractivity contribution in [1.82, 2.24) is 5.32 Å². The number of aliphatic hydroxyl groups is 2. The number of amides is 1. The number of aliphatic hydroxyl groups excluding tert-OH is 2. The van der Waals surface area contributed by atoms with Gasteiger partial charge in [0, 0.05) is 0 Å². The van der Waals surface area contributed by atoms with E-state index in [9.17, 15) is 28.0 Å². The highest BCUT2D eigenvalue weighted by Crippen LogP contribution is 2.17. The molecule has 7 nitrogen and oxygen atoms in total. The van der Waals surface area contributed by atoms with Gasteiger partial charge in [-0.2, -0.15) is 8.42 Å². The Morgan fingerprint density at radius 3 is 1.07 bits per heavy atom. The third kappa shape index (κ3) is 41.2. The van der Waals surface area contributed by atoms with Crippen molar-refractivity contribution in [1.29, 1.82) is 0 Å². The summed E-state index contributed by atoms with van der Waals surface area (Å²) in [5.41, 5.74) is 0. The lowest BCUT2D eigenvalue weighted by Crippen LogP contribution is -2.50. The van der Waals surface area contributed by atoms with Crippen LogP contribution in [0.3, 0.4) is 0 Å². The maximum Gasteiger partial charge on any atom is 0.267 e. The molecule has 334 valence electrons. The normalized spacial score (nSPS) is 13.7. The van der Waals surface area contributed by atoms with Crippen LogP contribution in [0, 0.1) is 0 Å². The summed E-state index contributed by atoms with van der Waals surface area (Å²) in [6, 6.07) is -1.23. The maximum atomic E-state index is 12.7. The molecule has 0 saturated heterocycles. The Morgan fingerprint density at radius 2 is 0.768 bits per heavy atom. The van der Waals surface area contributed by atoms with Gasteiger partial charge in [0.05, 0.1) is 17.9 Å². The van der Waals surface area contributed by atoms with Crippen LogP contribution in [0.15, 0.2) is 12.2 Å². The lowest BCUT2D eigenvalue weighted by molar-refractivity contribution is -0.130. The van der Waals surface area contributed by atoms with Gasteiger partial charge in [-0.05, 0) is 19.3 Å². The molecule has 1 amide bonds. The number of carbonyl (C=O) groups is 1. The van der Waals surface area contributed by atoms with Crippen LogP contribution in [-0.4, -0.2) is 53.1 Å². The lowest BCUT2D eigenvalue weighted by atomic mass is 10.0. The first-order chi connectivity index (χ1) is 27.2. The smallest absolute Gasteiger partial charge is 0.267 e. The topological polar surface area (TPSA) is 124 Å². The summed E-state index contributed by atoms with van der Waals surface area (Å²) in [5.74, 6) is -1.52. The Bertz CT molecular complexity index is 957. The van der Waals surface area contributed by atoms with E-state index in [-0.39, 0.29) is 6.42 Å². The average Bonchev–Trinajstić information content (AvgIpc) is 3.17. The van der Waals surface area contributed by atoms with E-state index in [2.05, 4.69) is 19.2 Å². The minimum absolute atomic E-state index is 0.286. The van der Waals surface area contributed by atoms with Gasteiger partial charge in [0.1, 0.15) is 6.10 Å². The number of carbonyl (C=O) groups excluding carboxylic acids is 1. The zero-order valence-electron chi connectivity index (χ0n) is 37.1. The Labute approximate surface area is 348 Å². The molecule has 0 spiro atoms. The summed E-state index contributed by atoms with van der Waals surface area (Å²) >= 11 is 0. The van der Waals surface area contributed by atoms with Crippen LogP contribution in [0.2, 0.25) is 0 Å². The highest BCUT2D eigenvalue weighted by Gasteiger charge is 2.27. The van der Waals surface area contributed by atoms with Crippen LogP contribution in [-0.2, 0) is 14.9 Å². The third-order valence-electron chi connectivity index (χ3n) is 11.6. The number of allylic oxidation sites excluding steroid dienone is 1. The van der Waals surface area contributed by atoms with E-state index >= 15 is 0 Å². The van der Waals surface area contributed by atoms with Crippen LogP contribution >= 0.6 is 0 Å². The summed E-state index contributed by atoms with van der Waals surface area (Å²) in [6.45, 7) is 4.54. The molecule has 0 aromatic heterocycles. The van der Waals surface area contributed by atoms with Crippen molar-refractivity contribution in [3.05, 3.63) is 12.2 Å². The summed E-state index contributed by atoms with van der Waals surface area (Å²) in [7, 11) is -4.44. The van der Waals surface area contributed by atoms with Crippen molar-refractivity contribution in [3.63, 3.8) is 0 Å². The second-order valence-electron chi connectivity index (χ2n) is 17.2. The van der Waals surface area contributed by atoms with Gasteiger partial charge in [0.2, 0.25) is 5.91 Å². The maximum absolute atomic E-state index is 12.7. The molecule has 0 heterocycles. The largest absolute Gasteiger partial charge is 0.387 e. The van der Waals surface area contributed by atoms with E-state index in [1.807, 2.05) is 6.08 Å². The number of hydrogen-bond donors (Lipinski definition) is 4. The first kappa shape index (κ1) is 55.0. The Hall–Kier alpha value is -0.960. The van der Waals surface area contributed by atoms with Gasteiger partial charge < -0.3 is 15.5 Å². The fourth-order valence-electron chi connectivity index (χ4n) is 7.81. The first-order valence-electron chi connectivity index (χ1n) is 24.5. The second kappa shape index (κ2) is 42.2. The monoisotopic (exact) mass is 814 g/mol. The SMILES string of the molecule is CCCCCCCCCCCCCCCCC/C=C/C(O)C(CS(=O)(=O)O)NC(=O)C(O)CCCCCCCCCCCCCCCCCCCCCCCC. The molecule has 0 rings (SSSR count). The van der Waals surface area contributed by atoms with E-state index in [0.717, 1.165) is 38.5 Å². The lowest BCUT2D eigenvalue weighted by Gasteiger charge is -2.22. The summed E-state index contributed by atoms with van der Waals surface area (Å²) < 4.78 is 32.7. The van der Waals surface area contributed by atoms with Crippen molar-refractivity contribution in [2.75, 3.05) is 5.75 Å². The highest BCUT2D eigenvalue weighted by molar-refractivity contribution is 7.85. The minimum Gasteiger partial charge on any atom is -0.387 e. The van der Waals surface area contributed by atoms with Gasteiger partial charge in [-0.25, -0.2) is 0 Å². The van der Waals surface area contributed by atoms with Crippen molar-refractivity contribution in [2.45, 2.75) is 283 Å². The predicted molar refractivity (Wildman–Crippen MR) is 241 cm³/mol. The molecule has 8 heteroatoms. The molecule has 0 bridgehead atoms. The van der Waals surface area contributed by atoms with Crippen molar-refractivity contribution < 1.29 is 28.0 Å². The fraction of sp³-hybridized carbons (Fsp3) is 0.938. The van der Waals surface area contributed by atoms with E-state index < -0.39 is 40.0 Å². The van der Waals surface area contributed by atoms with E-state index in [1.54, 1.807) is 0 Å². The van der Waals surface area contributed by atoms with Crippen molar-refractivity contribution in [3.8, 4) is 0 Å². The third-order valence-corrected chi connectivity index (χ3v) is 12.4. The predicted octanol–water partition coefficient (Wildman–Crippen LogP) is 13.9. The molecule has 3 atom stereocenters. The number of nitrogens with one attached hydrogen (secondary N) is 1. The zero-order valence-corrected chi connectivity index (χ0v) is 38.0. The van der Waals surface area contributed by atoms with Gasteiger partial charge >= 0.3 is 0 Å². The zero-order chi connectivity index (χ0) is 41.2. The molecule has 4 N–H and O–H groups in total. The van der Waals surface area contributed by atoms with E-state index in [0.29, 0.717) is 6.42 Å². The van der Waals surface area contributed by atoms with Gasteiger partial charge in [-0.15, -0.1) is 0 Å². The van der Waals surface area contributed by atoms with Crippen LogP contribution in [0.5, 0.6) is 0 Å². The molecule has 0 aliphatic heterocycles. The molecule has 56 heavy (non-hydrogen) atoms. The van der Waals surface area contributed by atoms with Gasteiger partial charge in [0.15, 0.2) is 0 Å². The van der Waals surface area contributed by atoms with Gasteiger partial charge in [0.25, 0.3) is 10.1 Å². The molecule has 0 aliphatic carbocycles. The standard InChI is InChI=1S/C48H95NO6S/c1-3-5-7-9-11-13-15-17-19-21-22-23-24-25-27-29-31-33-35-37-39-41-43-47(51)48(52)49-45(44-56(53,54)55)46(50)42-40-38-36-34-32-30-28-26-20-18-16-14-12-10-8-6-4-2/h40,42,45-47,50-51H,3-39,41,43-44H2,1-2H3,(H,49,52)(H,53,54,55)/b42-40+. The first-order valence-corrected chi connectivity index (χ1v) is 26.1. The van der Waals surface area contributed by atoms with E-state index in [1.165, 1.54) is 205 Å². The van der Waals surface area contributed by atoms with Gasteiger partial charge in [-0.3, -0.25) is 9.35 Å². The van der Waals surface area contributed by atoms with Crippen molar-refractivity contribution >= 4 is 16.0 Å². The molecule has 0 saturated carbocycles. The Morgan fingerprint density at radius 1 is 0.482 bits per heavy atom. The minimum atomic E-state index is -4.44. The molecule has 0 aromatic rings. The van der Waals surface area contributed by atoms with Crippen LogP contribution < -0.4 is 5.32 Å². The molecule has 0 fully saturated rings. The van der Waals surface area contributed by atoms with Crippen molar-refractivity contribution in [2.24, 2.45) is 0 Å². The van der Waals surface area contributed by atoms with Crippen LogP contribution in [0.25, 0.3) is 0 Å². The number of rotatable bonds is 45. The molecule has 0 radical (unpaired) electrons. The second-order valence-corrected chi connectivity index (χ2v) is 18.7. The molecule has 3 unspecified atom stereocenters. The average molecular weight is 814 g/mol. The van der Waals surface area contributed by atoms with Crippen LogP contribution in [0.4, 0.5) is 0 Å².